The Morgan fingerprint density at radius 2 is 2.30 bits per heavy atom. The number of nitrogens with one attached hydrogen (secondary N) is 2. The van der Waals surface area contributed by atoms with Crippen molar-refractivity contribution in [3.05, 3.63) is 51.4 Å². The number of rotatable bonds is 8. The number of hydrogen-bond donors (Lipinski definition) is 2. The minimum Gasteiger partial charge on any atom is -0.494 e. The average molecular weight is 335 g/mol. The zero-order valence-electron chi connectivity index (χ0n) is 12.9. The highest BCUT2D eigenvalue weighted by atomic mass is 35.5. The largest absolute Gasteiger partial charge is 0.494 e. The van der Waals surface area contributed by atoms with Crippen molar-refractivity contribution in [1.29, 1.82) is 0 Å². The molecule has 0 aliphatic carbocycles. The Balaban J connectivity index is 1.94. The molecule has 0 amide bonds. The molecule has 1 aromatic heterocycles. The van der Waals surface area contributed by atoms with Gasteiger partial charge >= 0.3 is 0 Å². The normalized spacial score (nSPS) is 10.9. The van der Waals surface area contributed by atoms with E-state index in [4.69, 9.17) is 16.3 Å². The van der Waals surface area contributed by atoms with Crippen molar-refractivity contribution in [1.82, 2.24) is 10.2 Å². The van der Waals surface area contributed by atoms with Gasteiger partial charge in [0, 0.05) is 0 Å². The van der Waals surface area contributed by atoms with Gasteiger partial charge in [-0.05, 0) is 24.1 Å². The molecule has 0 unspecified atom stereocenters. The Morgan fingerprint density at radius 3 is 3.13 bits per heavy atom. The molecule has 0 saturated heterocycles. The van der Waals surface area contributed by atoms with E-state index in [0.717, 1.165) is 24.2 Å². The van der Waals surface area contributed by atoms with Crippen molar-refractivity contribution in [2.45, 2.75) is 26.2 Å². The first-order valence-corrected chi connectivity index (χ1v) is 7.83. The van der Waals surface area contributed by atoms with E-state index in [-0.39, 0.29) is 5.02 Å². The molecule has 7 heteroatoms. The van der Waals surface area contributed by atoms with Crippen molar-refractivity contribution in [3.63, 3.8) is 0 Å². The Hall–Kier alpha value is -2.34. The highest BCUT2D eigenvalue weighted by molar-refractivity contribution is 6.32. The van der Waals surface area contributed by atoms with Gasteiger partial charge in [0.1, 0.15) is 16.5 Å². The van der Waals surface area contributed by atoms with E-state index in [1.807, 2.05) is 24.3 Å². The van der Waals surface area contributed by atoms with Crippen molar-refractivity contribution in [2.75, 3.05) is 12.0 Å². The molecule has 0 spiro atoms. The number of H-pyrrole nitrogens is 1. The van der Waals surface area contributed by atoms with E-state index in [1.165, 1.54) is 12.6 Å². The van der Waals surface area contributed by atoms with E-state index >= 15 is 0 Å². The lowest BCUT2D eigenvalue weighted by Crippen LogP contribution is -2.10. The Labute approximate surface area is 139 Å². The summed E-state index contributed by atoms with van der Waals surface area (Å²) in [4.78, 5) is 11.3. The summed E-state index contributed by atoms with van der Waals surface area (Å²) in [6.07, 6.45) is 6.40. The Bertz CT molecular complexity index is 715. The van der Waals surface area contributed by atoms with E-state index in [9.17, 15) is 4.79 Å². The molecule has 0 bridgehead atoms. The quantitative estimate of drug-likeness (QED) is 0.440. The molecule has 2 aromatic rings. The van der Waals surface area contributed by atoms with Gasteiger partial charge in [0.15, 0.2) is 0 Å². The fraction of sp³-hybridized carbons (Fsp3) is 0.312. The van der Waals surface area contributed by atoms with Gasteiger partial charge in [0.05, 0.1) is 19.0 Å². The van der Waals surface area contributed by atoms with Gasteiger partial charge in [0.25, 0.3) is 5.56 Å². The summed E-state index contributed by atoms with van der Waals surface area (Å²) in [5.41, 5.74) is 3.45. The third-order valence-corrected chi connectivity index (χ3v) is 3.44. The maximum atomic E-state index is 11.3. The van der Waals surface area contributed by atoms with Crippen LogP contribution < -0.4 is 15.7 Å². The lowest BCUT2D eigenvalue weighted by Gasteiger charge is -2.06. The Kier molecular flexibility index (Phi) is 6.62. The smallest absolute Gasteiger partial charge is 0.285 e. The maximum Gasteiger partial charge on any atom is 0.285 e. The molecule has 0 aliphatic heterocycles. The molecule has 0 radical (unpaired) electrons. The third kappa shape index (κ3) is 5.41. The van der Waals surface area contributed by atoms with Gasteiger partial charge in [-0.2, -0.15) is 10.2 Å². The second-order valence-electron chi connectivity index (χ2n) is 4.92. The van der Waals surface area contributed by atoms with Crippen LogP contribution in [0.1, 0.15) is 31.7 Å². The zero-order valence-corrected chi connectivity index (χ0v) is 13.6. The van der Waals surface area contributed by atoms with Crippen LogP contribution in [0, 0.1) is 0 Å². The first kappa shape index (κ1) is 17.0. The molecule has 0 saturated carbocycles. The maximum absolute atomic E-state index is 11.3. The van der Waals surface area contributed by atoms with Crippen molar-refractivity contribution in [2.24, 2.45) is 5.10 Å². The molecule has 1 heterocycles. The van der Waals surface area contributed by atoms with Gasteiger partial charge in [-0.15, -0.1) is 0 Å². The molecule has 2 rings (SSSR count). The molecule has 0 fully saturated rings. The van der Waals surface area contributed by atoms with Gasteiger partial charge in [-0.25, -0.2) is 5.10 Å². The lowest BCUT2D eigenvalue weighted by atomic mass is 10.2. The fourth-order valence-corrected chi connectivity index (χ4v) is 2.00. The van der Waals surface area contributed by atoms with Crippen LogP contribution in [0.3, 0.4) is 0 Å². The van der Waals surface area contributed by atoms with Gasteiger partial charge < -0.3 is 4.74 Å². The van der Waals surface area contributed by atoms with Gasteiger partial charge in [-0.3, -0.25) is 10.2 Å². The minimum atomic E-state index is -0.464. The topological polar surface area (TPSA) is 79.4 Å². The molecular weight excluding hydrogens is 316 g/mol. The molecule has 0 aliphatic rings. The summed E-state index contributed by atoms with van der Waals surface area (Å²) >= 11 is 5.84. The van der Waals surface area contributed by atoms with Crippen LogP contribution >= 0.6 is 11.6 Å². The predicted molar refractivity (Wildman–Crippen MR) is 92.5 cm³/mol. The lowest BCUT2D eigenvalue weighted by molar-refractivity contribution is 0.306. The number of nitrogens with zero attached hydrogens (tertiary/aromatic N) is 2. The summed E-state index contributed by atoms with van der Waals surface area (Å²) in [7, 11) is 0. The zero-order chi connectivity index (χ0) is 16.5. The van der Waals surface area contributed by atoms with E-state index in [0.29, 0.717) is 12.3 Å². The first-order valence-electron chi connectivity index (χ1n) is 7.46. The number of aromatic amines is 1. The first-order chi connectivity index (χ1) is 11.2. The fourth-order valence-electron chi connectivity index (χ4n) is 1.86. The predicted octanol–water partition coefficient (Wildman–Crippen LogP) is 3.44. The van der Waals surface area contributed by atoms with E-state index in [2.05, 4.69) is 27.6 Å². The molecule has 23 heavy (non-hydrogen) atoms. The van der Waals surface area contributed by atoms with Crippen LogP contribution in [-0.2, 0) is 0 Å². The number of ether oxygens (including phenoxy) is 1. The Morgan fingerprint density at radius 1 is 1.43 bits per heavy atom. The number of aromatic nitrogens is 2. The van der Waals surface area contributed by atoms with Gasteiger partial charge in [0.2, 0.25) is 0 Å². The van der Waals surface area contributed by atoms with E-state index < -0.39 is 5.56 Å². The second kappa shape index (κ2) is 8.95. The number of unbranched alkanes of at least 4 members (excludes halogenated alkanes) is 2. The molecule has 2 N–H and O–H groups in total. The van der Waals surface area contributed by atoms with Crippen molar-refractivity contribution >= 4 is 23.5 Å². The van der Waals surface area contributed by atoms with Crippen LogP contribution in [0.15, 0.2) is 40.4 Å². The van der Waals surface area contributed by atoms with Crippen molar-refractivity contribution in [3.8, 4) is 5.75 Å². The summed E-state index contributed by atoms with van der Waals surface area (Å²) in [6.45, 7) is 2.87. The number of benzene rings is 1. The molecule has 6 nitrogen and oxygen atoms in total. The monoisotopic (exact) mass is 334 g/mol. The van der Waals surface area contributed by atoms with Crippen LogP contribution in [0.4, 0.5) is 5.69 Å². The SMILES string of the molecule is CCCCCOc1cccc(/C=N/Nc2cn[nH]c(=O)c2Cl)c1. The van der Waals surface area contributed by atoms with Crippen LogP contribution in [-0.4, -0.2) is 23.0 Å². The molecule has 0 atom stereocenters. The average Bonchev–Trinajstić information content (AvgIpc) is 2.56. The van der Waals surface area contributed by atoms with Crippen LogP contribution in [0.5, 0.6) is 5.75 Å². The second-order valence-corrected chi connectivity index (χ2v) is 5.30. The molecular formula is C16H19ClN4O2. The number of halogens is 1. The highest BCUT2D eigenvalue weighted by Gasteiger charge is 2.02. The summed E-state index contributed by atoms with van der Waals surface area (Å²) in [6, 6.07) is 7.61. The molecule has 1 aromatic carbocycles. The number of hydrazone groups is 1. The number of anilines is 1. The van der Waals surface area contributed by atoms with E-state index in [1.54, 1.807) is 6.21 Å². The van der Waals surface area contributed by atoms with Crippen LogP contribution in [0.25, 0.3) is 0 Å². The highest BCUT2D eigenvalue weighted by Crippen LogP contribution is 2.15. The van der Waals surface area contributed by atoms with Crippen molar-refractivity contribution < 1.29 is 4.74 Å². The summed E-state index contributed by atoms with van der Waals surface area (Å²) in [5, 5.41) is 9.97. The third-order valence-electron chi connectivity index (χ3n) is 3.07. The van der Waals surface area contributed by atoms with Crippen LogP contribution in [0.2, 0.25) is 5.02 Å². The van der Waals surface area contributed by atoms with Gasteiger partial charge in [-0.1, -0.05) is 43.5 Å². The standard InChI is InChI=1S/C16H19ClN4O2/c1-2-3-4-8-23-13-7-5-6-12(9-13)10-18-20-14-11-19-21-16(22)15(14)17/h5-7,9-11H,2-4,8H2,1H3,(H2,20,21,22)/b18-10+. The number of hydrogen-bond acceptors (Lipinski definition) is 5. The summed E-state index contributed by atoms with van der Waals surface area (Å²) in [5.74, 6) is 0.806. The summed E-state index contributed by atoms with van der Waals surface area (Å²) < 4.78 is 5.69. The molecule has 122 valence electrons. The minimum absolute atomic E-state index is 0.0187.